The Hall–Kier alpha value is -2.95. The summed E-state index contributed by atoms with van der Waals surface area (Å²) in [6.07, 6.45) is 3.26. The quantitative estimate of drug-likeness (QED) is 0.628. The first-order valence-corrected chi connectivity index (χ1v) is 8.89. The average Bonchev–Trinajstić information content (AvgIpc) is 3.30. The molecule has 3 heterocycles. The van der Waals surface area contributed by atoms with Crippen LogP contribution in [0.15, 0.2) is 22.9 Å². The van der Waals surface area contributed by atoms with E-state index in [4.69, 9.17) is 0 Å². The maximum atomic E-state index is 12.5. The molecule has 0 unspecified atom stereocenters. The Labute approximate surface area is 163 Å². The molecule has 0 aliphatic carbocycles. The van der Waals surface area contributed by atoms with Crippen LogP contribution in [0.1, 0.15) is 32.4 Å². The van der Waals surface area contributed by atoms with Gasteiger partial charge in [0.25, 0.3) is 11.8 Å². The van der Waals surface area contributed by atoms with Crippen molar-refractivity contribution in [3.05, 3.63) is 45.7 Å². The van der Waals surface area contributed by atoms with Gasteiger partial charge in [0.05, 0.1) is 21.5 Å². The smallest absolute Gasteiger partial charge is 0.276 e. The minimum atomic E-state index is -0.429. The molecular formula is C16H19BrN8O2. The summed E-state index contributed by atoms with van der Waals surface area (Å²) in [7, 11) is 3.17. The number of hydrogen-bond acceptors (Lipinski definition) is 5. The van der Waals surface area contributed by atoms with Crippen LogP contribution in [0.5, 0.6) is 0 Å². The first-order chi connectivity index (χ1) is 12.8. The molecule has 3 aromatic heterocycles. The highest BCUT2D eigenvalue weighted by atomic mass is 79.9. The Morgan fingerprint density at radius 3 is 2.56 bits per heavy atom. The molecule has 0 bridgehead atoms. The van der Waals surface area contributed by atoms with Gasteiger partial charge in [-0.15, -0.1) is 0 Å². The molecule has 27 heavy (non-hydrogen) atoms. The first kappa shape index (κ1) is 18.8. The minimum Gasteiger partial charge on any atom is -0.354 e. The van der Waals surface area contributed by atoms with Crippen molar-refractivity contribution in [2.24, 2.45) is 7.05 Å². The van der Waals surface area contributed by atoms with Crippen molar-refractivity contribution in [1.29, 1.82) is 0 Å². The predicted octanol–water partition coefficient (Wildman–Crippen LogP) is 1.31. The van der Waals surface area contributed by atoms with Gasteiger partial charge in [-0.25, -0.2) is 4.68 Å². The van der Waals surface area contributed by atoms with E-state index in [1.54, 1.807) is 34.9 Å². The Bertz CT molecular complexity index is 1020. The van der Waals surface area contributed by atoms with Crippen molar-refractivity contribution in [1.82, 2.24) is 34.7 Å². The molecule has 0 aromatic carbocycles. The molecule has 2 amide bonds. The highest BCUT2D eigenvalue weighted by Crippen LogP contribution is 2.19. The summed E-state index contributed by atoms with van der Waals surface area (Å²) in [6, 6.07) is 1.60. The topological polar surface area (TPSA) is 112 Å². The summed E-state index contributed by atoms with van der Waals surface area (Å²) in [5, 5.41) is 17.9. The summed E-state index contributed by atoms with van der Waals surface area (Å²) in [4.78, 5) is 24.4. The molecule has 0 saturated heterocycles. The van der Waals surface area contributed by atoms with E-state index in [1.165, 1.54) is 11.7 Å². The summed E-state index contributed by atoms with van der Waals surface area (Å²) in [5.41, 5.74) is 2.54. The first-order valence-electron chi connectivity index (χ1n) is 8.10. The summed E-state index contributed by atoms with van der Waals surface area (Å²) < 4.78 is 5.81. The number of rotatable bonds is 5. The Morgan fingerprint density at radius 2 is 1.93 bits per heavy atom. The van der Waals surface area contributed by atoms with E-state index in [0.717, 1.165) is 15.9 Å². The van der Waals surface area contributed by atoms with Crippen molar-refractivity contribution in [3.8, 4) is 0 Å². The zero-order valence-electron chi connectivity index (χ0n) is 15.3. The number of anilines is 1. The Kier molecular flexibility index (Phi) is 5.13. The van der Waals surface area contributed by atoms with E-state index in [1.807, 2.05) is 13.8 Å². The molecule has 0 atom stereocenters. The largest absolute Gasteiger partial charge is 0.354 e. The third-order valence-corrected chi connectivity index (χ3v) is 5.11. The lowest BCUT2D eigenvalue weighted by molar-refractivity contribution is 0.0958. The van der Waals surface area contributed by atoms with Gasteiger partial charge in [-0.2, -0.15) is 15.3 Å². The van der Waals surface area contributed by atoms with E-state index in [9.17, 15) is 9.59 Å². The van der Waals surface area contributed by atoms with Crippen LogP contribution in [0.2, 0.25) is 0 Å². The molecule has 11 heteroatoms. The van der Waals surface area contributed by atoms with Crippen LogP contribution in [0.3, 0.4) is 0 Å². The molecule has 3 rings (SSSR count). The van der Waals surface area contributed by atoms with Gasteiger partial charge >= 0.3 is 0 Å². The van der Waals surface area contributed by atoms with E-state index >= 15 is 0 Å². The SMILES string of the molecule is CNC(=O)c1nn(C)cc1NC(=O)c1ccn(Cn2nc(C)c(Br)c2C)n1. The van der Waals surface area contributed by atoms with E-state index in [2.05, 4.69) is 41.9 Å². The number of nitrogens with one attached hydrogen (secondary N) is 2. The number of carbonyl (C=O) groups is 2. The average molecular weight is 435 g/mol. The fraction of sp³-hybridized carbons (Fsp3) is 0.312. The second kappa shape index (κ2) is 7.35. The number of aromatic nitrogens is 6. The maximum Gasteiger partial charge on any atom is 0.276 e. The van der Waals surface area contributed by atoms with E-state index in [-0.39, 0.29) is 17.3 Å². The van der Waals surface area contributed by atoms with E-state index < -0.39 is 5.91 Å². The Morgan fingerprint density at radius 1 is 1.19 bits per heavy atom. The van der Waals surface area contributed by atoms with Crippen LogP contribution in [0, 0.1) is 13.8 Å². The van der Waals surface area contributed by atoms with Crippen molar-refractivity contribution >= 4 is 33.4 Å². The summed E-state index contributed by atoms with van der Waals surface area (Å²) >= 11 is 3.49. The standard InChI is InChI=1S/C16H19BrN8O2/c1-9-13(17)10(2)25(20-9)8-24-6-5-11(21-24)15(26)19-12-7-23(4)22-14(12)16(27)18-3/h5-7H,8H2,1-4H3,(H,18,27)(H,19,26). The third kappa shape index (κ3) is 3.77. The molecule has 142 valence electrons. The lowest BCUT2D eigenvalue weighted by Gasteiger charge is -2.05. The Balaban J connectivity index is 1.76. The molecule has 0 aliphatic rings. The van der Waals surface area contributed by atoms with Crippen LogP contribution in [-0.2, 0) is 13.7 Å². The highest BCUT2D eigenvalue weighted by molar-refractivity contribution is 9.10. The van der Waals surface area contributed by atoms with Gasteiger partial charge in [0.15, 0.2) is 11.4 Å². The minimum absolute atomic E-state index is 0.139. The highest BCUT2D eigenvalue weighted by Gasteiger charge is 2.19. The number of halogens is 1. The predicted molar refractivity (Wildman–Crippen MR) is 102 cm³/mol. The second-order valence-electron chi connectivity index (χ2n) is 5.96. The van der Waals surface area contributed by atoms with Gasteiger partial charge in [0.1, 0.15) is 6.67 Å². The van der Waals surface area contributed by atoms with Crippen LogP contribution >= 0.6 is 15.9 Å². The van der Waals surface area contributed by atoms with Crippen LogP contribution < -0.4 is 10.6 Å². The lowest BCUT2D eigenvalue weighted by atomic mass is 10.3. The van der Waals surface area contributed by atoms with Crippen LogP contribution in [-0.4, -0.2) is 48.2 Å². The van der Waals surface area contributed by atoms with Crippen molar-refractivity contribution in [3.63, 3.8) is 0 Å². The molecule has 3 aromatic rings. The normalized spacial score (nSPS) is 10.9. The number of aryl methyl sites for hydroxylation is 2. The maximum absolute atomic E-state index is 12.5. The molecule has 0 radical (unpaired) electrons. The summed E-state index contributed by atoms with van der Waals surface area (Å²) in [5.74, 6) is -0.812. The number of nitrogens with zero attached hydrogens (tertiary/aromatic N) is 6. The monoisotopic (exact) mass is 434 g/mol. The molecule has 10 nitrogen and oxygen atoms in total. The summed E-state index contributed by atoms with van der Waals surface area (Å²) in [6.45, 7) is 4.24. The third-order valence-electron chi connectivity index (χ3n) is 3.96. The van der Waals surface area contributed by atoms with Gasteiger partial charge in [0, 0.05) is 26.5 Å². The fourth-order valence-electron chi connectivity index (χ4n) is 2.56. The zero-order valence-corrected chi connectivity index (χ0v) is 16.9. The van der Waals surface area contributed by atoms with Gasteiger partial charge in [0.2, 0.25) is 0 Å². The van der Waals surface area contributed by atoms with Gasteiger partial charge < -0.3 is 10.6 Å². The van der Waals surface area contributed by atoms with Crippen LogP contribution in [0.25, 0.3) is 0 Å². The van der Waals surface area contributed by atoms with Gasteiger partial charge in [-0.3, -0.25) is 19.0 Å². The number of carbonyl (C=O) groups excluding carboxylic acids is 2. The number of hydrogen-bond donors (Lipinski definition) is 2. The van der Waals surface area contributed by atoms with Crippen LogP contribution in [0.4, 0.5) is 5.69 Å². The van der Waals surface area contributed by atoms with Crippen molar-refractivity contribution < 1.29 is 9.59 Å². The molecule has 0 fully saturated rings. The van der Waals surface area contributed by atoms with Gasteiger partial charge in [-0.1, -0.05) is 0 Å². The molecule has 0 saturated carbocycles. The molecule has 0 spiro atoms. The second-order valence-corrected chi connectivity index (χ2v) is 6.76. The number of amides is 2. The molecule has 0 aliphatic heterocycles. The lowest BCUT2D eigenvalue weighted by Crippen LogP contribution is -2.22. The van der Waals surface area contributed by atoms with Crippen molar-refractivity contribution in [2.45, 2.75) is 20.5 Å². The van der Waals surface area contributed by atoms with Gasteiger partial charge in [-0.05, 0) is 35.8 Å². The zero-order chi connectivity index (χ0) is 19.7. The molecular weight excluding hydrogens is 416 g/mol. The molecule has 2 N–H and O–H groups in total. The fourth-order valence-corrected chi connectivity index (χ4v) is 2.85. The van der Waals surface area contributed by atoms with Crippen molar-refractivity contribution in [2.75, 3.05) is 12.4 Å². The van der Waals surface area contributed by atoms with E-state index in [0.29, 0.717) is 12.4 Å².